The first-order chi connectivity index (χ1) is 16.0. The highest BCUT2D eigenvalue weighted by molar-refractivity contribution is 5.94. The Balaban J connectivity index is 1.39. The summed E-state index contributed by atoms with van der Waals surface area (Å²) in [6.45, 7) is 5.92. The van der Waals surface area contributed by atoms with E-state index in [0.29, 0.717) is 24.6 Å². The Morgan fingerprint density at radius 1 is 1.03 bits per heavy atom. The van der Waals surface area contributed by atoms with Gasteiger partial charge in [0, 0.05) is 12.1 Å². The van der Waals surface area contributed by atoms with Crippen molar-refractivity contribution in [3.8, 4) is 5.75 Å². The predicted molar refractivity (Wildman–Crippen MR) is 128 cm³/mol. The van der Waals surface area contributed by atoms with Crippen LogP contribution in [-0.2, 0) is 13.1 Å². The molecule has 0 aliphatic carbocycles. The summed E-state index contributed by atoms with van der Waals surface area (Å²) in [5, 5.41) is 2.89. The third kappa shape index (κ3) is 5.58. The van der Waals surface area contributed by atoms with Crippen molar-refractivity contribution < 1.29 is 13.9 Å². The fourth-order valence-electron chi connectivity index (χ4n) is 3.73. The van der Waals surface area contributed by atoms with Gasteiger partial charge in [0.25, 0.3) is 5.91 Å². The lowest BCUT2D eigenvalue weighted by Gasteiger charge is -2.12. The molecule has 1 N–H and O–H groups in total. The van der Waals surface area contributed by atoms with Crippen LogP contribution in [0.5, 0.6) is 5.75 Å². The number of carbonyl (C=O) groups is 1. The molecular formula is C27H28FN3O2. The molecule has 3 aromatic carbocycles. The number of imidazole rings is 1. The average molecular weight is 446 g/mol. The van der Waals surface area contributed by atoms with Crippen LogP contribution in [0, 0.1) is 5.82 Å². The van der Waals surface area contributed by atoms with Crippen LogP contribution in [-0.4, -0.2) is 22.1 Å². The summed E-state index contributed by atoms with van der Waals surface area (Å²) in [5.41, 5.74) is 3.61. The Bertz CT molecular complexity index is 1210. The van der Waals surface area contributed by atoms with Crippen LogP contribution >= 0.6 is 0 Å². The van der Waals surface area contributed by atoms with Gasteiger partial charge in [0.05, 0.1) is 24.2 Å². The Morgan fingerprint density at radius 3 is 2.48 bits per heavy atom. The number of hydrogen-bond acceptors (Lipinski definition) is 3. The van der Waals surface area contributed by atoms with Crippen molar-refractivity contribution in [3.63, 3.8) is 0 Å². The average Bonchev–Trinajstić information content (AvgIpc) is 3.18. The zero-order chi connectivity index (χ0) is 23.2. The molecule has 0 radical (unpaired) electrons. The fourth-order valence-corrected chi connectivity index (χ4v) is 3.73. The highest BCUT2D eigenvalue weighted by Crippen LogP contribution is 2.20. The molecule has 0 spiro atoms. The first kappa shape index (κ1) is 22.5. The van der Waals surface area contributed by atoms with Crippen LogP contribution in [0.25, 0.3) is 11.0 Å². The van der Waals surface area contributed by atoms with E-state index >= 15 is 0 Å². The third-order valence-electron chi connectivity index (χ3n) is 5.59. The van der Waals surface area contributed by atoms with E-state index in [2.05, 4.69) is 35.9 Å². The Labute approximate surface area is 193 Å². The number of nitrogens with zero attached hydrogens (tertiary/aromatic N) is 2. The molecule has 0 unspecified atom stereocenters. The number of rotatable bonds is 9. The van der Waals surface area contributed by atoms with E-state index in [1.165, 1.54) is 29.8 Å². The van der Waals surface area contributed by atoms with E-state index in [4.69, 9.17) is 9.72 Å². The van der Waals surface area contributed by atoms with Crippen molar-refractivity contribution >= 4 is 16.9 Å². The van der Waals surface area contributed by atoms with Crippen molar-refractivity contribution in [3.05, 3.63) is 95.6 Å². The molecule has 0 atom stereocenters. The molecule has 0 fully saturated rings. The Hall–Kier alpha value is -3.67. The van der Waals surface area contributed by atoms with E-state index in [1.54, 1.807) is 0 Å². The molecule has 6 heteroatoms. The Morgan fingerprint density at radius 2 is 1.76 bits per heavy atom. The van der Waals surface area contributed by atoms with E-state index in [0.717, 1.165) is 29.0 Å². The zero-order valence-corrected chi connectivity index (χ0v) is 18.9. The maximum absolute atomic E-state index is 13.1. The number of fused-ring (bicyclic) bond motifs is 1. The van der Waals surface area contributed by atoms with Gasteiger partial charge in [-0.15, -0.1) is 0 Å². The molecule has 0 aliphatic heterocycles. The quantitative estimate of drug-likeness (QED) is 0.336. The molecule has 1 heterocycles. The number of amides is 1. The van der Waals surface area contributed by atoms with Crippen LogP contribution in [0.1, 0.15) is 47.9 Å². The number of ether oxygens (including phenoxy) is 1. The van der Waals surface area contributed by atoms with Gasteiger partial charge in [-0.25, -0.2) is 9.37 Å². The van der Waals surface area contributed by atoms with Gasteiger partial charge in [-0.3, -0.25) is 4.79 Å². The van der Waals surface area contributed by atoms with Gasteiger partial charge < -0.3 is 14.6 Å². The first-order valence-corrected chi connectivity index (χ1v) is 11.2. The van der Waals surface area contributed by atoms with Gasteiger partial charge in [0.2, 0.25) is 0 Å². The lowest BCUT2D eigenvalue weighted by Crippen LogP contribution is -2.25. The summed E-state index contributed by atoms with van der Waals surface area (Å²) >= 11 is 0. The summed E-state index contributed by atoms with van der Waals surface area (Å²) in [4.78, 5) is 17.2. The summed E-state index contributed by atoms with van der Waals surface area (Å²) in [6.07, 6.45) is 0.797. The molecule has 0 saturated heterocycles. The zero-order valence-electron chi connectivity index (χ0n) is 18.9. The number of aromatic nitrogens is 2. The van der Waals surface area contributed by atoms with Crippen molar-refractivity contribution in [1.82, 2.24) is 14.9 Å². The number of nitrogens with one attached hydrogen (secondary N) is 1. The highest BCUT2D eigenvalue weighted by Gasteiger charge is 2.12. The monoisotopic (exact) mass is 445 g/mol. The summed E-state index contributed by atoms with van der Waals surface area (Å²) in [7, 11) is 0. The summed E-state index contributed by atoms with van der Waals surface area (Å²) in [5.74, 6) is 1.50. The van der Waals surface area contributed by atoms with Gasteiger partial charge in [0.1, 0.15) is 17.4 Å². The number of aryl methyl sites for hydroxylation is 1. The normalized spacial score (nSPS) is 11.2. The maximum atomic E-state index is 13.1. The van der Waals surface area contributed by atoms with Crippen LogP contribution in [0.15, 0.2) is 72.8 Å². The second-order valence-electron chi connectivity index (χ2n) is 8.28. The lowest BCUT2D eigenvalue weighted by atomic mass is 10.0. The Kier molecular flexibility index (Phi) is 7.03. The minimum atomic E-state index is -0.369. The number of halogens is 1. The van der Waals surface area contributed by atoms with Gasteiger partial charge in [-0.05, 0) is 66.4 Å². The first-order valence-electron chi connectivity index (χ1n) is 11.2. The van der Waals surface area contributed by atoms with Crippen LogP contribution in [0.4, 0.5) is 4.39 Å². The number of hydrogen-bond donors (Lipinski definition) is 1. The van der Waals surface area contributed by atoms with Gasteiger partial charge in [-0.2, -0.15) is 0 Å². The molecule has 4 aromatic rings. The summed E-state index contributed by atoms with van der Waals surface area (Å²) in [6, 6.07) is 21.6. The topological polar surface area (TPSA) is 56.1 Å². The van der Waals surface area contributed by atoms with Crippen molar-refractivity contribution in [1.29, 1.82) is 0 Å². The molecular weight excluding hydrogens is 417 g/mol. The van der Waals surface area contributed by atoms with Gasteiger partial charge in [-0.1, -0.05) is 38.1 Å². The SMILES string of the molecule is CC(C)c1ccc(OCCCn2c(CNC(=O)c3ccc(F)cc3)nc3ccccc32)cc1. The van der Waals surface area contributed by atoms with Crippen LogP contribution in [0.2, 0.25) is 0 Å². The minimum Gasteiger partial charge on any atom is -0.494 e. The number of carbonyl (C=O) groups excluding carboxylic acids is 1. The van der Waals surface area contributed by atoms with E-state index in [9.17, 15) is 9.18 Å². The molecule has 0 bridgehead atoms. The third-order valence-corrected chi connectivity index (χ3v) is 5.59. The van der Waals surface area contributed by atoms with Crippen molar-refractivity contribution in [2.24, 2.45) is 0 Å². The van der Waals surface area contributed by atoms with E-state index in [-0.39, 0.29) is 18.3 Å². The van der Waals surface area contributed by atoms with Crippen LogP contribution in [0.3, 0.4) is 0 Å². The molecule has 4 rings (SSSR count). The molecule has 170 valence electrons. The molecule has 1 amide bonds. The van der Waals surface area contributed by atoms with Gasteiger partial charge in [0.15, 0.2) is 0 Å². The van der Waals surface area contributed by atoms with Crippen molar-refractivity contribution in [2.75, 3.05) is 6.61 Å². The second kappa shape index (κ2) is 10.3. The van der Waals surface area contributed by atoms with E-state index < -0.39 is 0 Å². The maximum Gasteiger partial charge on any atom is 0.251 e. The summed E-state index contributed by atoms with van der Waals surface area (Å²) < 4.78 is 21.2. The molecule has 0 aliphatic rings. The smallest absolute Gasteiger partial charge is 0.251 e. The molecule has 33 heavy (non-hydrogen) atoms. The van der Waals surface area contributed by atoms with Gasteiger partial charge >= 0.3 is 0 Å². The molecule has 0 saturated carbocycles. The van der Waals surface area contributed by atoms with E-state index in [1.807, 2.05) is 36.4 Å². The number of benzene rings is 3. The standard InChI is InChI=1S/C27H28FN3O2/c1-19(2)20-10-14-23(15-11-20)33-17-5-16-31-25-7-4-3-6-24(25)30-26(31)18-29-27(32)21-8-12-22(28)13-9-21/h3-4,6-15,19H,5,16-18H2,1-2H3,(H,29,32). The van der Waals surface area contributed by atoms with Crippen molar-refractivity contribution in [2.45, 2.75) is 39.3 Å². The second-order valence-corrected chi connectivity index (χ2v) is 8.28. The highest BCUT2D eigenvalue weighted by atomic mass is 19.1. The lowest BCUT2D eigenvalue weighted by molar-refractivity contribution is 0.0949. The molecule has 5 nitrogen and oxygen atoms in total. The predicted octanol–water partition coefficient (Wildman–Crippen LogP) is 5.70. The minimum absolute atomic E-state index is 0.262. The molecule has 1 aromatic heterocycles. The number of para-hydroxylation sites is 2. The van der Waals surface area contributed by atoms with Crippen LogP contribution < -0.4 is 10.1 Å². The largest absolute Gasteiger partial charge is 0.494 e. The fraction of sp³-hybridized carbons (Fsp3) is 0.259.